The largest absolute Gasteiger partial charge is 0.474 e. The quantitative estimate of drug-likeness (QED) is 0.678. The third-order valence-corrected chi connectivity index (χ3v) is 2.55. The van der Waals surface area contributed by atoms with E-state index in [1.165, 1.54) is 12.1 Å². The molecule has 2 rings (SSSR count). The molecular formula is C11H8FNO4. The average Bonchev–Trinajstić information content (AvgIpc) is 2.30. The Morgan fingerprint density at radius 3 is 2.71 bits per heavy atom. The number of para-hydroxylation sites is 1. The van der Waals surface area contributed by atoms with Crippen molar-refractivity contribution in [3.63, 3.8) is 0 Å². The molecular weight excluding hydrogens is 229 g/mol. The SMILES string of the molecule is O=C(O)C(=O)N1CCC(=O)c2cccc(F)c21. The zero-order valence-electron chi connectivity index (χ0n) is 8.64. The molecule has 0 fully saturated rings. The third kappa shape index (κ3) is 1.77. The monoisotopic (exact) mass is 237 g/mol. The highest BCUT2D eigenvalue weighted by Crippen LogP contribution is 2.29. The molecule has 5 nitrogen and oxygen atoms in total. The van der Waals surface area contributed by atoms with Gasteiger partial charge in [0.1, 0.15) is 5.82 Å². The highest BCUT2D eigenvalue weighted by Gasteiger charge is 2.32. The maximum atomic E-state index is 13.6. The molecule has 0 atom stereocenters. The van der Waals surface area contributed by atoms with E-state index >= 15 is 0 Å². The fourth-order valence-corrected chi connectivity index (χ4v) is 1.79. The topological polar surface area (TPSA) is 74.7 Å². The number of Topliss-reactive ketones (excluding diaryl/α,β-unsaturated/α-hetero) is 1. The molecule has 88 valence electrons. The molecule has 17 heavy (non-hydrogen) atoms. The number of carboxylic acids is 1. The number of fused-ring (bicyclic) bond motifs is 1. The van der Waals surface area contributed by atoms with Gasteiger partial charge in [-0.1, -0.05) is 6.07 Å². The molecule has 1 heterocycles. The number of nitrogens with zero attached hydrogens (tertiary/aromatic N) is 1. The van der Waals surface area contributed by atoms with Crippen molar-refractivity contribution in [3.05, 3.63) is 29.6 Å². The first-order chi connectivity index (χ1) is 8.02. The first kappa shape index (κ1) is 11.3. The van der Waals surface area contributed by atoms with Crippen LogP contribution in [-0.4, -0.2) is 29.3 Å². The number of carbonyl (C=O) groups is 3. The van der Waals surface area contributed by atoms with E-state index in [-0.39, 0.29) is 30.0 Å². The van der Waals surface area contributed by atoms with Crippen LogP contribution in [0.1, 0.15) is 16.8 Å². The molecule has 0 radical (unpaired) electrons. The Morgan fingerprint density at radius 1 is 1.35 bits per heavy atom. The van der Waals surface area contributed by atoms with E-state index in [0.29, 0.717) is 0 Å². The third-order valence-electron chi connectivity index (χ3n) is 2.55. The molecule has 0 aromatic heterocycles. The van der Waals surface area contributed by atoms with Crippen LogP contribution in [-0.2, 0) is 9.59 Å². The molecule has 1 aliphatic heterocycles. The Bertz CT molecular complexity index is 526. The van der Waals surface area contributed by atoms with Gasteiger partial charge in [-0.05, 0) is 12.1 Å². The minimum Gasteiger partial charge on any atom is -0.474 e. The van der Waals surface area contributed by atoms with Crippen molar-refractivity contribution < 1.29 is 23.9 Å². The molecule has 0 saturated carbocycles. The minimum absolute atomic E-state index is 0.00449. The van der Waals surface area contributed by atoms with Crippen molar-refractivity contribution in [2.75, 3.05) is 11.4 Å². The van der Waals surface area contributed by atoms with Gasteiger partial charge >= 0.3 is 11.9 Å². The summed E-state index contributed by atoms with van der Waals surface area (Å²) in [6.45, 7) is -0.113. The Morgan fingerprint density at radius 2 is 2.06 bits per heavy atom. The average molecular weight is 237 g/mol. The van der Waals surface area contributed by atoms with E-state index in [4.69, 9.17) is 5.11 Å². The van der Waals surface area contributed by atoms with Gasteiger partial charge < -0.3 is 5.11 Å². The van der Waals surface area contributed by atoms with Crippen LogP contribution in [0.15, 0.2) is 18.2 Å². The van der Waals surface area contributed by atoms with Crippen molar-refractivity contribution in [1.29, 1.82) is 0 Å². The first-order valence-electron chi connectivity index (χ1n) is 4.89. The zero-order chi connectivity index (χ0) is 12.6. The summed E-state index contributed by atoms with van der Waals surface area (Å²) in [5.41, 5.74) is -0.193. The minimum atomic E-state index is -1.67. The molecule has 0 bridgehead atoms. The van der Waals surface area contributed by atoms with Gasteiger partial charge in [0.15, 0.2) is 5.78 Å². The summed E-state index contributed by atoms with van der Waals surface area (Å²) >= 11 is 0. The summed E-state index contributed by atoms with van der Waals surface area (Å²) < 4.78 is 13.6. The summed E-state index contributed by atoms with van der Waals surface area (Å²) in [4.78, 5) is 34.3. The second-order valence-electron chi connectivity index (χ2n) is 3.57. The van der Waals surface area contributed by atoms with Gasteiger partial charge in [0.2, 0.25) is 0 Å². The summed E-state index contributed by atoms with van der Waals surface area (Å²) in [6.07, 6.45) is -0.00449. The van der Waals surface area contributed by atoms with Crippen molar-refractivity contribution in [1.82, 2.24) is 0 Å². The van der Waals surface area contributed by atoms with E-state index in [1.807, 2.05) is 0 Å². The van der Waals surface area contributed by atoms with Gasteiger partial charge in [0, 0.05) is 18.5 Å². The lowest BCUT2D eigenvalue weighted by atomic mass is 10.00. The lowest BCUT2D eigenvalue weighted by molar-refractivity contribution is -0.148. The first-order valence-corrected chi connectivity index (χ1v) is 4.89. The Labute approximate surface area is 95.5 Å². The fourth-order valence-electron chi connectivity index (χ4n) is 1.79. The van der Waals surface area contributed by atoms with E-state index in [0.717, 1.165) is 11.0 Å². The summed E-state index contributed by atoms with van der Waals surface area (Å²) in [5.74, 6) is -3.98. The van der Waals surface area contributed by atoms with Crippen LogP contribution in [0.2, 0.25) is 0 Å². The Balaban J connectivity index is 2.56. The highest BCUT2D eigenvalue weighted by atomic mass is 19.1. The van der Waals surface area contributed by atoms with Gasteiger partial charge in [-0.3, -0.25) is 14.5 Å². The van der Waals surface area contributed by atoms with Gasteiger partial charge in [0.25, 0.3) is 0 Å². The van der Waals surface area contributed by atoms with Crippen molar-refractivity contribution in [2.45, 2.75) is 6.42 Å². The van der Waals surface area contributed by atoms with Gasteiger partial charge in [-0.2, -0.15) is 0 Å². The highest BCUT2D eigenvalue weighted by molar-refractivity contribution is 6.38. The van der Waals surface area contributed by atoms with Crippen LogP contribution < -0.4 is 4.90 Å². The number of amides is 1. The number of hydrogen-bond donors (Lipinski definition) is 1. The predicted molar refractivity (Wildman–Crippen MR) is 55.3 cm³/mol. The molecule has 1 amide bonds. The van der Waals surface area contributed by atoms with Crippen LogP contribution >= 0.6 is 0 Å². The predicted octanol–water partition coefficient (Wildman–Crippen LogP) is 0.830. The van der Waals surface area contributed by atoms with Crippen LogP contribution in [0.25, 0.3) is 0 Å². The fraction of sp³-hybridized carbons (Fsp3) is 0.182. The number of carbonyl (C=O) groups excluding carboxylic acids is 2. The molecule has 0 aliphatic carbocycles. The summed E-state index contributed by atoms with van der Waals surface area (Å²) in [5, 5.41) is 8.62. The maximum absolute atomic E-state index is 13.6. The lowest BCUT2D eigenvalue weighted by Crippen LogP contribution is -2.42. The number of halogens is 1. The van der Waals surface area contributed by atoms with E-state index < -0.39 is 17.7 Å². The van der Waals surface area contributed by atoms with Crippen LogP contribution in [0.4, 0.5) is 10.1 Å². The van der Waals surface area contributed by atoms with E-state index in [9.17, 15) is 18.8 Å². The van der Waals surface area contributed by atoms with Gasteiger partial charge in [-0.15, -0.1) is 0 Å². The van der Waals surface area contributed by atoms with E-state index in [2.05, 4.69) is 0 Å². The molecule has 0 saturated heterocycles. The molecule has 1 aliphatic rings. The zero-order valence-corrected chi connectivity index (χ0v) is 8.64. The van der Waals surface area contributed by atoms with Crippen molar-refractivity contribution >= 4 is 23.3 Å². The lowest BCUT2D eigenvalue weighted by Gasteiger charge is -2.27. The number of rotatable bonds is 0. The smallest absolute Gasteiger partial charge is 0.394 e. The number of carboxylic acid groups (broad SMARTS) is 1. The number of hydrogen-bond acceptors (Lipinski definition) is 3. The maximum Gasteiger partial charge on any atom is 0.394 e. The normalized spacial score (nSPS) is 14.4. The molecule has 1 aromatic carbocycles. The number of aliphatic carboxylic acids is 1. The van der Waals surface area contributed by atoms with Crippen molar-refractivity contribution in [3.8, 4) is 0 Å². The van der Waals surface area contributed by atoms with E-state index in [1.54, 1.807) is 0 Å². The van der Waals surface area contributed by atoms with Crippen molar-refractivity contribution in [2.24, 2.45) is 0 Å². The van der Waals surface area contributed by atoms with Gasteiger partial charge in [0.05, 0.1) is 5.69 Å². The summed E-state index contributed by atoms with van der Waals surface area (Å²) in [6, 6.07) is 3.81. The molecule has 0 spiro atoms. The second-order valence-corrected chi connectivity index (χ2v) is 3.57. The standard InChI is InChI=1S/C11H8FNO4/c12-7-3-1-2-6-8(14)4-5-13(9(6)7)10(15)11(16)17/h1-3H,4-5H2,(H,16,17). The van der Waals surface area contributed by atoms with Gasteiger partial charge in [-0.25, -0.2) is 9.18 Å². The van der Waals surface area contributed by atoms with Crippen LogP contribution in [0, 0.1) is 5.82 Å². The number of ketones is 1. The molecule has 1 N–H and O–H groups in total. The Kier molecular flexibility index (Phi) is 2.63. The molecule has 1 aromatic rings. The number of benzene rings is 1. The molecule has 0 unspecified atom stereocenters. The van der Waals surface area contributed by atoms with Crippen LogP contribution in [0.3, 0.4) is 0 Å². The molecule has 6 heteroatoms. The Hall–Kier alpha value is -2.24. The number of anilines is 1. The second kappa shape index (κ2) is 3.97. The van der Waals surface area contributed by atoms with Crippen LogP contribution in [0.5, 0.6) is 0 Å². The summed E-state index contributed by atoms with van der Waals surface area (Å²) in [7, 11) is 0.